The van der Waals surface area contributed by atoms with Crippen LogP contribution in [0, 0.1) is 12.8 Å². The van der Waals surface area contributed by atoms with Crippen LogP contribution in [0.4, 0.5) is 5.69 Å². The predicted octanol–water partition coefficient (Wildman–Crippen LogP) is 3.43. The van der Waals surface area contributed by atoms with Crippen LogP contribution in [0.25, 0.3) is 5.69 Å². The standard InChI is InChI=1S/C22H25N5O/c1-17-24-12-14-27(17)21-6-4-20(5-7-21)25-22(28)19-3-2-13-26(16-19)15-18-8-10-23-11-9-18/h4-12,14,19H,2-3,13,15-16H2,1H3,(H,25,28)/t19-/m1/s1. The van der Waals surface area contributed by atoms with Gasteiger partial charge in [0.1, 0.15) is 5.82 Å². The SMILES string of the molecule is Cc1nccn1-c1ccc(NC(=O)[C@@H]2CCCN(Cc3ccncc3)C2)cc1. The lowest BCUT2D eigenvalue weighted by Gasteiger charge is -2.32. The molecule has 1 saturated heterocycles. The first-order valence-corrected chi connectivity index (χ1v) is 9.71. The maximum absolute atomic E-state index is 12.8. The molecule has 1 atom stereocenters. The van der Waals surface area contributed by atoms with Crippen molar-refractivity contribution in [3.8, 4) is 5.69 Å². The van der Waals surface area contributed by atoms with Crippen molar-refractivity contribution < 1.29 is 4.79 Å². The topological polar surface area (TPSA) is 63.1 Å². The van der Waals surface area contributed by atoms with Crippen molar-refractivity contribution in [3.63, 3.8) is 0 Å². The lowest BCUT2D eigenvalue weighted by molar-refractivity contribution is -0.121. The zero-order valence-corrected chi connectivity index (χ0v) is 16.1. The summed E-state index contributed by atoms with van der Waals surface area (Å²) in [5.74, 6) is 1.06. The van der Waals surface area contributed by atoms with Gasteiger partial charge >= 0.3 is 0 Å². The van der Waals surface area contributed by atoms with Crippen LogP contribution in [-0.4, -0.2) is 38.4 Å². The van der Waals surface area contributed by atoms with E-state index in [1.165, 1.54) is 5.56 Å². The Morgan fingerprint density at radius 2 is 1.93 bits per heavy atom. The fraction of sp³-hybridized carbons (Fsp3) is 0.318. The number of rotatable bonds is 5. The van der Waals surface area contributed by atoms with Gasteiger partial charge in [-0.15, -0.1) is 0 Å². The van der Waals surface area contributed by atoms with Gasteiger partial charge in [-0.3, -0.25) is 14.7 Å². The molecule has 2 aromatic heterocycles. The third-order valence-corrected chi connectivity index (χ3v) is 5.27. The molecule has 0 spiro atoms. The van der Waals surface area contributed by atoms with Crippen molar-refractivity contribution in [2.45, 2.75) is 26.3 Å². The number of carbonyl (C=O) groups excluding carboxylic acids is 1. The Balaban J connectivity index is 1.36. The van der Waals surface area contributed by atoms with E-state index in [9.17, 15) is 4.79 Å². The average Bonchev–Trinajstić information content (AvgIpc) is 3.15. The molecule has 0 aliphatic carbocycles. The van der Waals surface area contributed by atoms with E-state index in [-0.39, 0.29) is 11.8 Å². The Hall–Kier alpha value is -2.99. The van der Waals surface area contributed by atoms with Crippen molar-refractivity contribution in [1.82, 2.24) is 19.4 Å². The number of aromatic nitrogens is 3. The summed E-state index contributed by atoms with van der Waals surface area (Å²) in [5.41, 5.74) is 3.11. The molecule has 0 radical (unpaired) electrons. The second-order valence-corrected chi connectivity index (χ2v) is 7.31. The molecule has 1 aliphatic rings. The number of benzene rings is 1. The molecule has 0 bridgehead atoms. The van der Waals surface area contributed by atoms with Gasteiger partial charge in [-0.25, -0.2) is 4.98 Å². The number of carbonyl (C=O) groups is 1. The van der Waals surface area contributed by atoms with Gasteiger partial charge in [0.25, 0.3) is 0 Å². The first-order chi connectivity index (χ1) is 13.7. The van der Waals surface area contributed by atoms with Crippen LogP contribution >= 0.6 is 0 Å². The predicted molar refractivity (Wildman–Crippen MR) is 109 cm³/mol. The minimum absolute atomic E-state index is 0.0196. The quantitative estimate of drug-likeness (QED) is 0.742. The van der Waals surface area contributed by atoms with Crippen LogP contribution in [0.1, 0.15) is 24.2 Å². The molecule has 3 aromatic rings. The Labute approximate surface area is 165 Å². The fourth-order valence-corrected chi connectivity index (χ4v) is 3.76. The van der Waals surface area contributed by atoms with Crippen LogP contribution in [0.15, 0.2) is 61.2 Å². The van der Waals surface area contributed by atoms with Crippen molar-refractivity contribution in [2.75, 3.05) is 18.4 Å². The van der Waals surface area contributed by atoms with Gasteiger partial charge in [-0.05, 0) is 68.3 Å². The van der Waals surface area contributed by atoms with E-state index in [1.54, 1.807) is 6.20 Å². The highest BCUT2D eigenvalue weighted by atomic mass is 16.1. The van der Waals surface area contributed by atoms with Gasteiger partial charge in [0.15, 0.2) is 0 Å². The van der Waals surface area contributed by atoms with Gasteiger partial charge in [0.05, 0.1) is 5.92 Å². The number of hydrogen-bond acceptors (Lipinski definition) is 4. The highest BCUT2D eigenvalue weighted by Gasteiger charge is 2.25. The van der Waals surface area contributed by atoms with Crippen LogP contribution < -0.4 is 5.32 Å². The monoisotopic (exact) mass is 375 g/mol. The van der Waals surface area contributed by atoms with Gasteiger partial charge in [0.2, 0.25) is 5.91 Å². The van der Waals surface area contributed by atoms with E-state index in [2.05, 4.69) is 20.2 Å². The van der Waals surface area contributed by atoms with Crippen LogP contribution in [0.2, 0.25) is 0 Å². The molecule has 0 saturated carbocycles. The number of aryl methyl sites for hydroxylation is 1. The number of piperidine rings is 1. The summed E-state index contributed by atoms with van der Waals surface area (Å²) in [4.78, 5) is 23.4. The molecule has 1 aliphatic heterocycles. The maximum atomic E-state index is 12.8. The summed E-state index contributed by atoms with van der Waals surface area (Å²) in [6, 6.07) is 12.0. The molecule has 6 heteroatoms. The maximum Gasteiger partial charge on any atom is 0.228 e. The molecular weight excluding hydrogens is 350 g/mol. The molecule has 0 unspecified atom stereocenters. The third kappa shape index (κ3) is 4.28. The highest BCUT2D eigenvalue weighted by molar-refractivity contribution is 5.92. The van der Waals surface area contributed by atoms with Crippen LogP contribution in [0.5, 0.6) is 0 Å². The minimum Gasteiger partial charge on any atom is -0.326 e. The lowest BCUT2D eigenvalue weighted by atomic mass is 9.96. The first kappa shape index (κ1) is 18.4. The first-order valence-electron chi connectivity index (χ1n) is 9.71. The molecule has 6 nitrogen and oxygen atoms in total. The highest BCUT2D eigenvalue weighted by Crippen LogP contribution is 2.21. The molecular formula is C22H25N5O. The zero-order chi connectivity index (χ0) is 19.3. The van der Waals surface area contributed by atoms with E-state index in [0.717, 1.165) is 49.7 Å². The summed E-state index contributed by atoms with van der Waals surface area (Å²) in [6.07, 6.45) is 9.33. The number of nitrogens with zero attached hydrogens (tertiary/aromatic N) is 4. The molecule has 1 N–H and O–H groups in total. The van der Waals surface area contributed by atoms with Gasteiger partial charge in [-0.1, -0.05) is 0 Å². The molecule has 28 heavy (non-hydrogen) atoms. The number of imidazole rings is 1. The summed E-state index contributed by atoms with van der Waals surface area (Å²) in [6.45, 7) is 4.66. The summed E-state index contributed by atoms with van der Waals surface area (Å²) >= 11 is 0. The summed E-state index contributed by atoms with van der Waals surface area (Å²) in [5, 5.41) is 3.08. The molecule has 1 aromatic carbocycles. The van der Waals surface area contributed by atoms with E-state index < -0.39 is 0 Å². The largest absolute Gasteiger partial charge is 0.326 e. The van der Waals surface area contributed by atoms with E-state index in [1.807, 2.05) is 66.5 Å². The molecule has 3 heterocycles. The van der Waals surface area contributed by atoms with Crippen LogP contribution in [0.3, 0.4) is 0 Å². The Morgan fingerprint density at radius 1 is 1.14 bits per heavy atom. The molecule has 144 valence electrons. The lowest BCUT2D eigenvalue weighted by Crippen LogP contribution is -2.40. The summed E-state index contributed by atoms with van der Waals surface area (Å²) in [7, 11) is 0. The smallest absolute Gasteiger partial charge is 0.228 e. The molecule has 1 amide bonds. The Morgan fingerprint density at radius 3 is 2.64 bits per heavy atom. The van der Waals surface area contributed by atoms with Crippen molar-refractivity contribution in [2.24, 2.45) is 5.92 Å². The third-order valence-electron chi connectivity index (χ3n) is 5.27. The number of nitrogens with one attached hydrogen (secondary N) is 1. The number of amides is 1. The number of pyridine rings is 1. The summed E-state index contributed by atoms with van der Waals surface area (Å²) < 4.78 is 2.02. The van der Waals surface area contributed by atoms with Crippen molar-refractivity contribution in [1.29, 1.82) is 0 Å². The molecule has 1 fully saturated rings. The van der Waals surface area contributed by atoms with Crippen molar-refractivity contribution >= 4 is 11.6 Å². The van der Waals surface area contributed by atoms with E-state index in [4.69, 9.17) is 0 Å². The second kappa shape index (κ2) is 8.35. The zero-order valence-electron chi connectivity index (χ0n) is 16.1. The van der Waals surface area contributed by atoms with Crippen LogP contribution in [-0.2, 0) is 11.3 Å². The Kier molecular flexibility index (Phi) is 5.48. The Bertz CT molecular complexity index is 920. The fourth-order valence-electron chi connectivity index (χ4n) is 3.76. The van der Waals surface area contributed by atoms with E-state index in [0.29, 0.717) is 0 Å². The van der Waals surface area contributed by atoms with E-state index >= 15 is 0 Å². The number of likely N-dealkylation sites (tertiary alicyclic amines) is 1. The normalized spacial score (nSPS) is 17.4. The average molecular weight is 375 g/mol. The second-order valence-electron chi connectivity index (χ2n) is 7.31. The van der Waals surface area contributed by atoms with Crippen molar-refractivity contribution in [3.05, 3.63) is 72.6 Å². The number of anilines is 1. The molecule has 4 rings (SSSR count). The van der Waals surface area contributed by atoms with Gasteiger partial charge in [-0.2, -0.15) is 0 Å². The van der Waals surface area contributed by atoms with Gasteiger partial charge in [0, 0.05) is 49.3 Å². The minimum atomic E-state index is 0.0196. The number of hydrogen-bond donors (Lipinski definition) is 1. The van der Waals surface area contributed by atoms with Gasteiger partial charge < -0.3 is 9.88 Å².